The third kappa shape index (κ3) is 6.64. The van der Waals surface area contributed by atoms with Crippen LogP contribution in [0.1, 0.15) is 52.7 Å². The second-order valence-electron chi connectivity index (χ2n) is 6.18. The lowest BCUT2D eigenvalue weighted by atomic mass is 10.1. The third-order valence-electron chi connectivity index (χ3n) is 3.53. The van der Waals surface area contributed by atoms with Crippen LogP contribution in [0.25, 0.3) is 0 Å². The van der Waals surface area contributed by atoms with E-state index in [-0.39, 0.29) is 0 Å². The molecule has 0 aliphatic rings. The molecule has 0 heterocycles. The average molecular weight is 285 g/mol. The minimum absolute atomic E-state index is 0.454. The zero-order valence-corrected chi connectivity index (χ0v) is 14.9. The van der Waals surface area contributed by atoms with Gasteiger partial charge >= 0.3 is 0 Å². The smallest absolute Gasteiger partial charge is 0.0445 e. The van der Waals surface area contributed by atoms with Crippen LogP contribution in [0.15, 0.2) is 24.3 Å². The van der Waals surface area contributed by atoms with E-state index in [4.69, 9.17) is 12.8 Å². The molecule has 0 aliphatic carbocycles. The van der Waals surface area contributed by atoms with E-state index in [1.165, 1.54) is 0 Å². The Bertz CT molecular complexity index is 400. The fraction of sp³-hybridized carbons (Fsp3) is 0.474. The first kappa shape index (κ1) is 18.6. The van der Waals surface area contributed by atoms with Crippen molar-refractivity contribution in [1.82, 2.24) is 0 Å². The van der Waals surface area contributed by atoms with E-state index < -0.39 is 8.80 Å². The Morgan fingerprint density at radius 2 is 0.950 bits per heavy atom. The molecule has 0 saturated heterocycles. The lowest BCUT2D eigenvalue weighted by Crippen LogP contribution is -2.24. The van der Waals surface area contributed by atoms with E-state index >= 15 is 0 Å². The maximum Gasteiger partial charge on any atom is 0.0445 e. The molecule has 0 atom stereocenters. The molecule has 0 saturated carbocycles. The van der Waals surface area contributed by atoms with Gasteiger partial charge < -0.3 is 0 Å². The molecule has 0 amide bonds. The first-order valence-electron chi connectivity index (χ1n) is 7.36. The molecule has 0 nitrogen and oxygen atoms in total. The Hall–Kier alpha value is -1.44. The van der Waals surface area contributed by atoms with E-state index in [1.807, 2.05) is 24.3 Å². The van der Waals surface area contributed by atoms with Gasteiger partial charge in [-0.15, -0.1) is 12.8 Å². The highest BCUT2D eigenvalue weighted by molar-refractivity contribution is 6.63. The summed E-state index contributed by atoms with van der Waals surface area (Å²) in [6, 6.07) is 7.31. The van der Waals surface area contributed by atoms with Crippen molar-refractivity contribution in [3.63, 3.8) is 0 Å². The topological polar surface area (TPSA) is 0 Å². The minimum Gasteiger partial charge on any atom is -0.115 e. The van der Waals surface area contributed by atoms with Gasteiger partial charge in [0, 0.05) is 19.9 Å². The summed E-state index contributed by atoms with van der Waals surface area (Å²) in [5.74, 6) is 5.02. The normalized spacial score (nSPS) is 10.2. The minimum atomic E-state index is -0.454. The summed E-state index contributed by atoms with van der Waals surface area (Å²) in [5.41, 5.74) is 4.64. The molecule has 0 spiro atoms. The van der Waals surface area contributed by atoms with Gasteiger partial charge in [-0.1, -0.05) is 70.0 Å². The molecule has 108 valence electrons. The van der Waals surface area contributed by atoms with Crippen LogP contribution >= 0.6 is 0 Å². The van der Waals surface area contributed by atoms with Crippen molar-refractivity contribution < 1.29 is 0 Å². The molecule has 0 radical (unpaired) electrons. The summed E-state index contributed by atoms with van der Waals surface area (Å²) in [5, 5.41) is 0. The molecule has 1 aromatic rings. The maximum absolute atomic E-state index is 5.14. The van der Waals surface area contributed by atoms with Crippen LogP contribution in [0, 0.1) is 24.7 Å². The highest BCUT2D eigenvalue weighted by atomic mass is 28.3. The van der Waals surface area contributed by atoms with Crippen LogP contribution in [-0.4, -0.2) is 8.80 Å². The number of terminal acetylenes is 2. The van der Waals surface area contributed by atoms with Gasteiger partial charge in [0.1, 0.15) is 0 Å². The molecule has 0 fully saturated rings. The molecular formula is C19H28Si. The fourth-order valence-electron chi connectivity index (χ4n) is 2.97. The van der Waals surface area contributed by atoms with Crippen LogP contribution in [0.2, 0.25) is 16.6 Å². The predicted octanol–water partition coefficient (Wildman–Crippen LogP) is 5.09. The molecule has 0 bridgehead atoms. The summed E-state index contributed by atoms with van der Waals surface area (Å²) >= 11 is 0. The van der Waals surface area contributed by atoms with Crippen molar-refractivity contribution >= 4 is 8.80 Å². The highest BCUT2D eigenvalue weighted by Crippen LogP contribution is 2.28. The van der Waals surface area contributed by atoms with Gasteiger partial charge in [0.25, 0.3) is 0 Å². The van der Waals surface area contributed by atoms with Crippen LogP contribution in [-0.2, 0) is 0 Å². The van der Waals surface area contributed by atoms with Gasteiger partial charge in [0.15, 0.2) is 0 Å². The van der Waals surface area contributed by atoms with Gasteiger partial charge in [-0.3, -0.25) is 0 Å². The first-order valence-corrected chi connectivity index (χ1v) is 9.36. The molecule has 0 aromatic heterocycles. The molecule has 0 unspecified atom stereocenters. The van der Waals surface area contributed by atoms with Crippen molar-refractivity contribution in [2.24, 2.45) is 0 Å². The number of hydrogen-bond acceptors (Lipinski definition) is 0. The standard InChI is InChI=1S/C10H6.C9H22Si/c1-3-9-5-7-10(4-2)8-6-9;1-7(2)10(8(3)4)9(5)6/h1-2,5-8H;7-10H,1-6H3. The van der Waals surface area contributed by atoms with E-state index in [1.54, 1.807) is 0 Å². The van der Waals surface area contributed by atoms with E-state index in [0.717, 1.165) is 27.8 Å². The Morgan fingerprint density at radius 3 is 1.05 bits per heavy atom. The second kappa shape index (κ2) is 9.46. The van der Waals surface area contributed by atoms with Crippen LogP contribution in [0.5, 0.6) is 0 Å². The molecule has 1 rings (SSSR count). The lowest BCUT2D eigenvalue weighted by Gasteiger charge is -2.26. The van der Waals surface area contributed by atoms with Gasteiger partial charge in [-0.2, -0.15) is 0 Å². The van der Waals surface area contributed by atoms with Gasteiger partial charge in [-0.25, -0.2) is 0 Å². The Morgan fingerprint density at radius 1 is 0.700 bits per heavy atom. The Kier molecular flexibility index (Phi) is 8.78. The Balaban J connectivity index is 0.000000361. The van der Waals surface area contributed by atoms with Crippen molar-refractivity contribution in [1.29, 1.82) is 0 Å². The second-order valence-corrected chi connectivity index (χ2v) is 11.3. The zero-order chi connectivity index (χ0) is 15.7. The van der Waals surface area contributed by atoms with Crippen LogP contribution in [0.3, 0.4) is 0 Å². The first-order chi connectivity index (χ1) is 9.33. The molecule has 1 aromatic carbocycles. The van der Waals surface area contributed by atoms with E-state index in [9.17, 15) is 0 Å². The van der Waals surface area contributed by atoms with Crippen molar-refractivity contribution in [3.05, 3.63) is 35.4 Å². The van der Waals surface area contributed by atoms with Gasteiger partial charge in [0.05, 0.1) is 0 Å². The van der Waals surface area contributed by atoms with E-state index in [2.05, 4.69) is 53.4 Å². The zero-order valence-electron chi connectivity index (χ0n) is 13.8. The molecule has 1 heteroatoms. The Labute approximate surface area is 127 Å². The van der Waals surface area contributed by atoms with Crippen molar-refractivity contribution in [3.8, 4) is 24.7 Å². The van der Waals surface area contributed by atoms with E-state index in [0.29, 0.717) is 0 Å². The number of benzene rings is 1. The predicted molar refractivity (Wildman–Crippen MR) is 94.8 cm³/mol. The summed E-state index contributed by atoms with van der Waals surface area (Å²) in [6.45, 7) is 14.3. The largest absolute Gasteiger partial charge is 0.115 e. The van der Waals surface area contributed by atoms with Gasteiger partial charge in [0.2, 0.25) is 0 Å². The SMILES string of the molecule is C#Cc1ccc(C#C)cc1.CC(C)[SiH](C(C)C)C(C)C. The third-order valence-corrected chi connectivity index (χ3v) is 8.15. The van der Waals surface area contributed by atoms with Crippen molar-refractivity contribution in [2.45, 2.75) is 58.2 Å². The fourth-order valence-corrected chi connectivity index (χ4v) is 7.59. The van der Waals surface area contributed by atoms with Crippen LogP contribution in [0.4, 0.5) is 0 Å². The van der Waals surface area contributed by atoms with Crippen molar-refractivity contribution in [2.75, 3.05) is 0 Å². The summed E-state index contributed by atoms with van der Waals surface area (Å²) in [4.78, 5) is 0. The monoisotopic (exact) mass is 284 g/mol. The average Bonchev–Trinajstić information content (AvgIpc) is 2.38. The highest BCUT2D eigenvalue weighted by Gasteiger charge is 2.22. The molecular weight excluding hydrogens is 256 g/mol. The molecule has 20 heavy (non-hydrogen) atoms. The molecule has 0 N–H and O–H groups in total. The summed E-state index contributed by atoms with van der Waals surface area (Å²) < 4.78 is 0. The van der Waals surface area contributed by atoms with Crippen LogP contribution < -0.4 is 0 Å². The lowest BCUT2D eigenvalue weighted by molar-refractivity contribution is 0.863. The van der Waals surface area contributed by atoms with Gasteiger partial charge in [-0.05, 0) is 24.3 Å². The maximum atomic E-state index is 5.14. The molecule has 0 aliphatic heterocycles. The summed E-state index contributed by atoms with van der Waals surface area (Å²) in [7, 11) is -0.454. The number of rotatable bonds is 3. The number of hydrogen-bond donors (Lipinski definition) is 0. The summed E-state index contributed by atoms with van der Waals surface area (Å²) in [6.07, 6.45) is 10.3. The quantitative estimate of drug-likeness (QED) is 0.535.